The van der Waals surface area contributed by atoms with Gasteiger partial charge in [-0.05, 0) is 24.3 Å². The molecule has 1 fully saturated rings. The lowest BCUT2D eigenvalue weighted by atomic mass is 10.1. The number of thioether (sulfide) groups is 1. The van der Waals surface area contributed by atoms with Crippen LogP contribution < -0.4 is 11.1 Å². The van der Waals surface area contributed by atoms with Gasteiger partial charge in [-0.1, -0.05) is 55.9 Å². The van der Waals surface area contributed by atoms with Crippen molar-refractivity contribution in [3.05, 3.63) is 41.7 Å². The molecule has 3 N–H and O–H groups in total. The number of carbonyl (C=O) groups excluding carboxylic acids is 2. The molecule has 0 radical (unpaired) electrons. The summed E-state index contributed by atoms with van der Waals surface area (Å²) in [6.07, 6.45) is 2.24. The van der Waals surface area contributed by atoms with Gasteiger partial charge in [-0.3, -0.25) is 10.1 Å². The summed E-state index contributed by atoms with van der Waals surface area (Å²) in [4.78, 5) is 23.4. The van der Waals surface area contributed by atoms with E-state index in [4.69, 9.17) is 5.73 Å². The number of carbonyl (C=O) groups is 2. The third kappa shape index (κ3) is 4.43. The minimum Gasteiger partial charge on any atom is -0.351 e. The van der Waals surface area contributed by atoms with Crippen molar-refractivity contribution in [2.75, 3.05) is 0 Å². The number of hydrogen-bond donors (Lipinski definition) is 2. The largest absolute Gasteiger partial charge is 0.351 e. The van der Waals surface area contributed by atoms with Gasteiger partial charge >= 0.3 is 6.03 Å². The number of benzene rings is 1. The lowest BCUT2D eigenvalue weighted by molar-refractivity contribution is -0.120. The van der Waals surface area contributed by atoms with Crippen LogP contribution in [0.15, 0.2) is 35.5 Å². The monoisotopic (exact) mass is 373 g/mol. The smallest absolute Gasteiger partial charge is 0.318 e. The number of nitrogens with two attached hydrogens (primary N) is 1. The Hall–Kier alpha value is -2.35. The number of nitrogens with zero attached hydrogens (tertiary/aromatic N) is 3. The first-order valence-electron chi connectivity index (χ1n) is 8.69. The maximum Gasteiger partial charge on any atom is 0.318 e. The van der Waals surface area contributed by atoms with Crippen molar-refractivity contribution in [3.8, 4) is 0 Å². The Morgan fingerprint density at radius 3 is 2.54 bits per heavy atom. The molecule has 138 valence electrons. The molecule has 0 spiro atoms. The van der Waals surface area contributed by atoms with Gasteiger partial charge in [0, 0.05) is 5.92 Å². The van der Waals surface area contributed by atoms with Gasteiger partial charge in [-0.15, -0.1) is 10.2 Å². The molecule has 1 unspecified atom stereocenters. The standard InChI is InChI=1S/C18H23N5O2S/c1-11(2)14(16(24)20-17(19)25)26-18-22-21-15(13-8-9-13)23(18)10-12-6-4-3-5-7-12/h3-7,11,13-14H,8-10H2,1-2H3,(H3,19,20,24,25). The van der Waals surface area contributed by atoms with Crippen molar-refractivity contribution >= 4 is 23.7 Å². The topological polar surface area (TPSA) is 103 Å². The molecule has 3 amide bonds. The van der Waals surface area contributed by atoms with Gasteiger partial charge in [0.05, 0.1) is 11.8 Å². The molecule has 3 rings (SSSR count). The highest BCUT2D eigenvalue weighted by Crippen LogP contribution is 2.41. The Labute approximate surface area is 156 Å². The fourth-order valence-electron chi connectivity index (χ4n) is 2.74. The van der Waals surface area contributed by atoms with Crippen LogP contribution >= 0.6 is 11.8 Å². The number of hydrogen-bond acceptors (Lipinski definition) is 5. The second kappa shape index (κ2) is 7.90. The van der Waals surface area contributed by atoms with E-state index in [-0.39, 0.29) is 5.92 Å². The number of imide groups is 1. The average molecular weight is 373 g/mol. The fourth-order valence-corrected chi connectivity index (χ4v) is 3.78. The van der Waals surface area contributed by atoms with E-state index in [1.165, 1.54) is 11.8 Å². The summed E-state index contributed by atoms with van der Waals surface area (Å²) in [7, 11) is 0. The van der Waals surface area contributed by atoms with Crippen LogP contribution in [0.25, 0.3) is 0 Å². The number of nitrogens with one attached hydrogen (secondary N) is 1. The molecule has 1 aliphatic rings. The highest BCUT2D eigenvalue weighted by molar-refractivity contribution is 8.00. The molecule has 1 saturated carbocycles. The van der Waals surface area contributed by atoms with E-state index in [0.717, 1.165) is 24.2 Å². The Bertz CT molecular complexity index is 786. The second-order valence-corrected chi connectivity index (χ2v) is 7.93. The van der Waals surface area contributed by atoms with Crippen molar-refractivity contribution in [2.24, 2.45) is 11.7 Å². The van der Waals surface area contributed by atoms with Crippen LogP contribution in [0.3, 0.4) is 0 Å². The SMILES string of the molecule is CC(C)C(Sc1nnc(C2CC2)n1Cc1ccccc1)C(=O)NC(N)=O. The van der Waals surface area contributed by atoms with Crippen LogP contribution in [0.2, 0.25) is 0 Å². The first-order chi connectivity index (χ1) is 12.5. The van der Waals surface area contributed by atoms with Crippen LogP contribution in [-0.4, -0.2) is 32.0 Å². The predicted octanol–water partition coefficient (Wildman–Crippen LogP) is 2.52. The summed E-state index contributed by atoms with van der Waals surface area (Å²) in [5, 5.41) is 11.1. The minimum absolute atomic E-state index is 0.00519. The predicted molar refractivity (Wildman–Crippen MR) is 99.8 cm³/mol. The summed E-state index contributed by atoms with van der Waals surface area (Å²) < 4.78 is 2.09. The summed E-state index contributed by atoms with van der Waals surface area (Å²) in [6.45, 7) is 4.51. The molecule has 1 aromatic heterocycles. The minimum atomic E-state index is -0.842. The third-order valence-electron chi connectivity index (χ3n) is 4.21. The fraction of sp³-hybridized carbons (Fsp3) is 0.444. The van der Waals surface area contributed by atoms with E-state index in [1.54, 1.807) is 0 Å². The maximum atomic E-state index is 12.3. The van der Waals surface area contributed by atoms with E-state index in [1.807, 2.05) is 32.0 Å². The number of primary amides is 1. The molecule has 0 saturated heterocycles. The highest BCUT2D eigenvalue weighted by Gasteiger charge is 2.32. The first-order valence-corrected chi connectivity index (χ1v) is 9.57. The lowest BCUT2D eigenvalue weighted by Gasteiger charge is -2.19. The first kappa shape index (κ1) is 18.4. The maximum absolute atomic E-state index is 12.3. The summed E-state index contributed by atoms with van der Waals surface area (Å²) >= 11 is 1.33. The van der Waals surface area contributed by atoms with Crippen molar-refractivity contribution in [2.45, 2.75) is 49.6 Å². The van der Waals surface area contributed by atoms with Gasteiger partial charge in [0.25, 0.3) is 0 Å². The molecule has 0 bridgehead atoms. The van der Waals surface area contributed by atoms with Gasteiger partial charge in [0.15, 0.2) is 5.16 Å². The quantitative estimate of drug-likeness (QED) is 0.726. The van der Waals surface area contributed by atoms with E-state index in [0.29, 0.717) is 17.6 Å². The highest BCUT2D eigenvalue weighted by atomic mass is 32.2. The summed E-state index contributed by atoms with van der Waals surface area (Å²) in [5.41, 5.74) is 6.25. The van der Waals surface area contributed by atoms with Gasteiger partial charge in [0.2, 0.25) is 5.91 Å². The molecule has 1 aliphatic carbocycles. The van der Waals surface area contributed by atoms with Crippen LogP contribution in [0.1, 0.15) is 44.0 Å². The lowest BCUT2D eigenvalue weighted by Crippen LogP contribution is -2.42. The molecule has 8 heteroatoms. The van der Waals surface area contributed by atoms with Crippen molar-refractivity contribution < 1.29 is 9.59 Å². The van der Waals surface area contributed by atoms with E-state index in [9.17, 15) is 9.59 Å². The second-order valence-electron chi connectivity index (χ2n) is 6.82. The summed E-state index contributed by atoms with van der Waals surface area (Å²) in [6, 6.07) is 9.26. The molecule has 7 nitrogen and oxygen atoms in total. The van der Waals surface area contributed by atoms with E-state index >= 15 is 0 Å². The van der Waals surface area contributed by atoms with Crippen LogP contribution in [0.4, 0.5) is 4.79 Å². The number of urea groups is 1. The molecule has 2 aromatic rings. The van der Waals surface area contributed by atoms with Gasteiger partial charge in [-0.25, -0.2) is 4.79 Å². The van der Waals surface area contributed by atoms with Gasteiger partial charge in [-0.2, -0.15) is 0 Å². The van der Waals surface area contributed by atoms with Gasteiger partial charge < -0.3 is 10.3 Å². The molecule has 1 atom stereocenters. The van der Waals surface area contributed by atoms with Crippen LogP contribution in [0, 0.1) is 5.92 Å². The molecule has 0 aliphatic heterocycles. The Balaban J connectivity index is 1.86. The molecule has 26 heavy (non-hydrogen) atoms. The Morgan fingerprint density at radius 1 is 1.27 bits per heavy atom. The molecule has 1 heterocycles. The zero-order chi connectivity index (χ0) is 18.7. The normalized spacial score (nSPS) is 15.0. The third-order valence-corrected chi connectivity index (χ3v) is 5.74. The van der Waals surface area contributed by atoms with Crippen LogP contribution in [-0.2, 0) is 11.3 Å². The van der Waals surface area contributed by atoms with E-state index < -0.39 is 17.2 Å². The number of aromatic nitrogens is 3. The average Bonchev–Trinajstić information content (AvgIpc) is 3.35. The van der Waals surface area contributed by atoms with Crippen molar-refractivity contribution in [1.29, 1.82) is 0 Å². The number of rotatable bonds is 7. The Kier molecular flexibility index (Phi) is 5.61. The summed E-state index contributed by atoms with van der Waals surface area (Å²) in [5.74, 6) is 1.01. The van der Waals surface area contributed by atoms with Gasteiger partial charge in [0.1, 0.15) is 5.82 Å². The van der Waals surface area contributed by atoms with E-state index in [2.05, 4.69) is 32.2 Å². The Morgan fingerprint density at radius 2 is 1.96 bits per heavy atom. The molecule has 1 aromatic carbocycles. The zero-order valence-electron chi connectivity index (χ0n) is 14.9. The zero-order valence-corrected chi connectivity index (χ0v) is 15.7. The molecular weight excluding hydrogens is 350 g/mol. The number of amides is 3. The van der Waals surface area contributed by atoms with Crippen molar-refractivity contribution in [3.63, 3.8) is 0 Å². The van der Waals surface area contributed by atoms with Crippen LogP contribution in [0.5, 0.6) is 0 Å². The van der Waals surface area contributed by atoms with Crippen molar-refractivity contribution in [1.82, 2.24) is 20.1 Å². The molecular formula is C18H23N5O2S.